The molecule has 2 aromatic heterocycles. The van der Waals surface area contributed by atoms with E-state index in [0.29, 0.717) is 19.1 Å². The number of carbonyl (C=O) groups excluding carboxylic acids is 1. The number of carbonyl (C=O) groups is 1. The number of amides is 1. The van der Waals surface area contributed by atoms with Gasteiger partial charge in [0.2, 0.25) is 11.9 Å². The molecule has 0 radical (unpaired) electrons. The van der Waals surface area contributed by atoms with E-state index in [1.165, 1.54) is 0 Å². The smallest absolute Gasteiger partial charge is 0.240 e. The average Bonchev–Trinajstić information content (AvgIpc) is 2.80. The molecule has 0 saturated heterocycles. The molecule has 1 amide bonds. The van der Waals surface area contributed by atoms with Gasteiger partial charge in [-0.05, 0) is 6.92 Å². The number of nitrogens with one attached hydrogen (secondary N) is 1. The Balaban J connectivity index is 2.20. The van der Waals surface area contributed by atoms with Gasteiger partial charge in [-0.3, -0.25) is 14.0 Å². The van der Waals surface area contributed by atoms with Crippen molar-refractivity contribution in [2.45, 2.75) is 13.5 Å². The number of hydrogen-bond donors (Lipinski definition) is 2. The van der Waals surface area contributed by atoms with Crippen LogP contribution in [0.5, 0.6) is 0 Å². The topological polar surface area (TPSA) is 100.0 Å². The van der Waals surface area contributed by atoms with Crippen molar-refractivity contribution in [3.63, 3.8) is 0 Å². The molecule has 0 saturated carbocycles. The van der Waals surface area contributed by atoms with Crippen LogP contribution in [0.3, 0.4) is 0 Å². The van der Waals surface area contributed by atoms with Crippen LogP contribution >= 0.6 is 0 Å². The number of rotatable bonds is 5. The summed E-state index contributed by atoms with van der Waals surface area (Å²) in [5, 5.41) is 7.00. The number of aromatic nitrogens is 4. The van der Waals surface area contributed by atoms with Gasteiger partial charge in [0.1, 0.15) is 12.1 Å². The maximum absolute atomic E-state index is 11.8. The quantitative estimate of drug-likeness (QED) is 0.705. The van der Waals surface area contributed by atoms with Crippen molar-refractivity contribution in [3.8, 4) is 0 Å². The molecule has 2 aromatic rings. The molecule has 0 aliphatic heterocycles. The molecular formula is C11H18N6O2. The Morgan fingerprint density at radius 1 is 1.53 bits per heavy atom. The highest BCUT2D eigenvalue weighted by Crippen LogP contribution is 2.19. The molecule has 0 aromatic carbocycles. The second-order valence-electron chi connectivity index (χ2n) is 4.28. The molecule has 104 valence electrons. The third-order valence-corrected chi connectivity index (χ3v) is 2.85. The van der Waals surface area contributed by atoms with Gasteiger partial charge in [0.15, 0.2) is 5.65 Å². The zero-order valence-corrected chi connectivity index (χ0v) is 11.3. The minimum absolute atomic E-state index is 0.116. The average molecular weight is 266 g/mol. The monoisotopic (exact) mass is 266 g/mol. The van der Waals surface area contributed by atoms with Crippen molar-refractivity contribution in [3.05, 3.63) is 5.69 Å². The second kappa shape index (κ2) is 5.27. The number of methoxy groups -OCH3 is 1. The van der Waals surface area contributed by atoms with Crippen LogP contribution in [-0.4, -0.2) is 45.5 Å². The summed E-state index contributed by atoms with van der Waals surface area (Å²) in [6.45, 7) is 2.92. The molecule has 8 nitrogen and oxygen atoms in total. The number of anilines is 1. The molecule has 2 rings (SSSR count). The highest BCUT2D eigenvalue weighted by Gasteiger charge is 2.17. The third kappa shape index (κ3) is 2.53. The highest BCUT2D eigenvalue weighted by molar-refractivity contribution is 5.82. The van der Waals surface area contributed by atoms with E-state index in [-0.39, 0.29) is 12.5 Å². The van der Waals surface area contributed by atoms with Crippen LogP contribution in [0.15, 0.2) is 0 Å². The lowest BCUT2D eigenvalue weighted by Gasteiger charge is -2.07. The van der Waals surface area contributed by atoms with Gasteiger partial charge in [-0.25, -0.2) is 4.98 Å². The molecule has 0 bridgehead atoms. The van der Waals surface area contributed by atoms with Crippen LogP contribution in [0, 0.1) is 6.92 Å². The Kier molecular flexibility index (Phi) is 3.70. The van der Waals surface area contributed by atoms with Gasteiger partial charge >= 0.3 is 0 Å². The molecule has 0 aliphatic rings. The summed E-state index contributed by atoms with van der Waals surface area (Å²) in [7, 11) is 3.39. The maximum Gasteiger partial charge on any atom is 0.240 e. The normalized spacial score (nSPS) is 11.1. The molecule has 2 heterocycles. The molecule has 0 fully saturated rings. The summed E-state index contributed by atoms with van der Waals surface area (Å²) in [6.07, 6.45) is 0. The van der Waals surface area contributed by atoms with Crippen LogP contribution in [-0.2, 0) is 23.1 Å². The van der Waals surface area contributed by atoms with E-state index in [0.717, 1.165) is 16.9 Å². The van der Waals surface area contributed by atoms with Crippen LogP contribution in [0.25, 0.3) is 11.2 Å². The number of nitrogen functional groups attached to an aromatic ring is 1. The predicted octanol–water partition coefficient (Wildman–Crippen LogP) is -0.577. The molecular weight excluding hydrogens is 248 g/mol. The molecule has 3 N–H and O–H groups in total. The van der Waals surface area contributed by atoms with Gasteiger partial charge in [-0.2, -0.15) is 5.10 Å². The van der Waals surface area contributed by atoms with Crippen molar-refractivity contribution in [1.82, 2.24) is 24.6 Å². The van der Waals surface area contributed by atoms with Crippen molar-refractivity contribution >= 4 is 23.0 Å². The minimum atomic E-state index is -0.137. The largest absolute Gasteiger partial charge is 0.383 e. The number of aryl methyl sites for hydroxylation is 2. The Hall–Kier alpha value is -2.09. The second-order valence-corrected chi connectivity index (χ2v) is 4.28. The number of ether oxygens (including phenoxy) is 1. The number of imidazole rings is 1. The van der Waals surface area contributed by atoms with E-state index in [9.17, 15) is 4.79 Å². The van der Waals surface area contributed by atoms with Gasteiger partial charge in [0, 0.05) is 20.7 Å². The zero-order chi connectivity index (χ0) is 14.0. The first kappa shape index (κ1) is 13.3. The summed E-state index contributed by atoms with van der Waals surface area (Å²) in [5.41, 5.74) is 8.11. The number of nitrogens with two attached hydrogens (primary N) is 1. The number of fused-ring (bicyclic) bond motifs is 1. The van der Waals surface area contributed by atoms with E-state index in [2.05, 4.69) is 15.4 Å². The first-order valence-electron chi connectivity index (χ1n) is 5.95. The van der Waals surface area contributed by atoms with E-state index in [1.807, 2.05) is 6.92 Å². The van der Waals surface area contributed by atoms with Crippen LogP contribution < -0.4 is 11.1 Å². The fraction of sp³-hybridized carbons (Fsp3) is 0.545. The SMILES string of the molecule is COCCNC(=O)Cn1c(N)nc2c(C)nn(C)c21. The molecule has 0 unspecified atom stereocenters. The van der Waals surface area contributed by atoms with E-state index >= 15 is 0 Å². The summed E-state index contributed by atoms with van der Waals surface area (Å²) >= 11 is 0. The number of hydrogen-bond acceptors (Lipinski definition) is 5. The molecule has 0 spiro atoms. The lowest BCUT2D eigenvalue weighted by atomic mass is 10.4. The van der Waals surface area contributed by atoms with E-state index in [1.54, 1.807) is 23.4 Å². The standard InChI is InChI=1S/C11H18N6O2/c1-7-9-10(16(2)15-7)17(11(12)14-9)6-8(18)13-4-5-19-3/h4-6H2,1-3H3,(H2,12,14)(H,13,18). The number of nitrogens with zero attached hydrogens (tertiary/aromatic N) is 4. The van der Waals surface area contributed by atoms with Gasteiger partial charge in [0.25, 0.3) is 0 Å². The van der Waals surface area contributed by atoms with Crippen LogP contribution in [0.4, 0.5) is 5.95 Å². The molecule has 8 heteroatoms. The van der Waals surface area contributed by atoms with Crippen molar-refractivity contribution in [2.24, 2.45) is 7.05 Å². The van der Waals surface area contributed by atoms with Crippen molar-refractivity contribution in [1.29, 1.82) is 0 Å². The molecule has 0 aliphatic carbocycles. The van der Waals surface area contributed by atoms with Crippen molar-refractivity contribution in [2.75, 3.05) is 26.0 Å². The Bertz CT molecular complexity index is 600. The summed E-state index contributed by atoms with van der Waals surface area (Å²) in [5.74, 6) is 0.176. The minimum Gasteiger partial charge on any atom is -0.383 e. The Labute approximate surface area is 110 Å². The zero-order valence-electron chi connectivity index (χ0n) is 11.3. The van der Waals surface area contributed by atoms with Crippen LogP contribution in [0.2, 0.25) is 0 Å². The molecule has 0 atom stereocenters. The van der Waals surface area contributed by atoms with Gasteiger partial charge in [-0.15, -0.1) is 0 Å². The summed E-state index contributed by atoms with van der Waals surface area (Å²) in [6, 6.07) is 0. The summed E-state index contributed by atoms with van der Waals surface area (Å²) < 4.78 is 8.20. The fourth-order valence-electron chi connectivity index (χ4n) is 2.00. The third-order valence-electron chi connectivity index (χ3n) is 2.85. The van der Waals surface area contributed by atoms with Gasteiger partial charge < -0.3 is 15.8 Å². The Morgan fingerprint density at radius 3 is 2.95 bits per heavy atom. The summed E-state index contributed by atoms with van der Waals surface area (Å²) in [4.78, 5) is 16.0. The van der Waals surface area contributed by atoms with E-state index in [4.69, 9.17) is 10.5 Å². The predicted molar refractivity (Wildman–Crippen MR) is 70.5 cm³/mol. The lowest BCUT2D eigenvalue weighted by Crippen LogP contribution is -2.30. The van der Waals surface area contributed by atoms with E-state index < -0.39 is 0 Å². The first-order valence-corrected chi connectivity index (χ1v) is 5.95. The van der Waals surface area contributed by atoms with Gasteiger partial charge in [0.05, 0.1) is 12.3 Å². The van der Waals surface area contributed by atoms with Crippen LogP contribution in [0.1, 0.15) is 5.69 Å². The first-order chi connectivity index (χ1) is 9.04. The lowest BCUT2D eigenvalue weighted by molar-refractivity contribution is -0.121. The fourth-order valence-corrected chi connectivity index (χ4v) is 2.00. The Morgan fingerprint density at radius 2 is 2.26 bits per heavy atom. The maximum atomic E-state index is 11.8. The van der Waals surface area contributed by atoms with Gasteiger partial charge in [-0.1, -0.05) is 0 Å². The van der Waals surface area contributed by atoms with Crippen molar-refractivity contribution < 1.29 is 9.53 Å². The molecule has 19 heavy (non-hydrogen) atoms. The highest BCUT2D eigenvalue weighted by atomic mass is 16.5.